The molecule has 0 aliphatic rings. The zero-order chi connectivity index (χ0) is 14.5. The minimum absolute atomic E-state index is 0.0227. The van der Waals surface area contributed by atoms with Gasteiger partial charge in [0.05, 0.1) is 11.2 Å². The quantitative estimate of drug-likeness (QED) is 0.442. The number of halogens is 1. The minimum Gasteiger partial charge on any atom is -0.379 e. The fourth-order valence-corrected chi connectivity index (χ4v) is 2.24. The first-order valence-corrected chi connectivity index (χ1v) is 8.10. The second-order valence-electron chi connectivity index (χ2n) is 3.87. The third-order valence-electron chi connectivity index (χ3n) is 2.19. The van der Waals surface area contributed by atoms with Gasteiger partial charge in [-0.05, 0) is 18.6 Å². The van der Waals surface area contributed by atoms with E-state index in [4.69, 9.17) is 0 Å². The standard InChI is InChI=1S/C10H14BrN3O4S/c1-19(17,18)13-6-2-5-12-9-4-3-8(11)7-10(9)14(15)16/h3-4,7,12-13H,2,5-6H2,1H3. The van der Waals surface area contributed by atoms with Crippen LogP contribution < -0.4 is 10.0 Å². The molecule has 0 atom stereocenters. The summed E-state index contributed by atoms with van der Waals surface area (Å²) in [4.78, 5) is 10.4. The van der Waals surface area contributed by atoms with Crippen molar-refractivity contribution in [3.63, 3.8) is 0 Å². The zero-order valence-corrected chi connectivity index (χ0v) is 12.6. The summed E-state index contributed by atoms with van der Waals surface area (Å²) < 4.78 is 24.6. The first-order chi connectivity index (χ1) is 8.79. The van der Waals surface area contributed by atoms with Crippen LogP contribution in [0, 0.1) is 10.1 Å². The topological polar surface area (TPSA) is 101 Å². The van der Waals surface area contributed by atoms with Gasteiger partial charge in [0.1, 0.15) is 5.69 Å². The number of anilines is 1. The van der Waals surface area contributed by atoms with Crippen LogP contribution in [0.25, 0.3) is 0 Å². The van der Waals surface area contributed by atoms with Gasteiger partial charge < -0.3 is 5.32 Å². The number of nitro groups is 1. The molecule has 0 saturated heterocycles. The fraction of sp³-hybridized carbons (Fsp3) is 0.400. The van der Waals surface area contributed by atoms with E-state index in [2.05, 4.69) is 26.0 Å². The lowest BCUT2D eigenvalue weighted by Crippen LogP contribution is -2.24. The van der Waals surface area contributed by atoms with Crippen LogP contribution in [0.4, 0.5) is 11.4 Å². The maximum absolute atomic E-state index is 10.8. The maximum atomic E-state index is 10.8. The predicted octanol–water partition coefficient (Wildman–Crippen LogP) is 1.71. The fourth-order valence-electron chi connectivity index (χ4n) is 1.37. The number of benzene rings is 1. The van der Waals surface area contributed by atoms with Crippen LogP contribution in [0.1, 0.15) is 6.42 Å². The molecule has 0 radical (unpaired) electrons. The summed E-state index contributed by atoms with van der Waals surface area (Å²) in [6, 6.07) is 4.72. The lowest BCUT2D eigenvalue weighted by molar-refractivity contribution is -0.384. The Morgan fingerprint density at radius 3 is 2.63 bits per heavy atom. The summed E-state index contributed by atoms with van der Waals surface area (Å²) in [6.07, 6.45) is 1.61. The van der Waals surface area contributed by atoms with E-state index in [9.17, 15) is 18.5 Å². The average Bonchev–Trinajstić information content (AvgIpc) is 2.28. The van der Waals surface area contributed by atoms with Crippen molar-refractivity contribution in [2.75, 3.05) is 24.7 Å². The van der Waals surface area contributed by atoms with Gasteiger partial charge in [0, 0.05) is 23.6 Å². The predicted molar refractivity (Wildman–Crippen MR) is 76.7 cm³/mol. The Labute approximate surface area is 119 Å². The van der Waals surface area contributed by atoms with Gasteiger partial charge in [-0.1, -0.05) is 15.9 Å². The van der Waals surface area contributed by atoms with E-state index in [1.54, 1.807) is 12.1 Å². The Kier molecular flexibility index (Phi) is 5.70. The van der Waals surface area contributed by atoms with Crippen LogP contribution in [0.15, 0.2) is 22.7 Å². The Morgan fingerprint density at radius 1 is 1.37 bits per heavy atom. The van der Waals surface area contributed by atoms with E-state index in [-0.39, 0.29) is 12.2 Å². The molecule has 9 heteroatoms. The highest BCUT2D eigenvalue weighted by Crippen LogP contribution is 2.27. The summed E-state index contributed by atoms with van der Waals surface area (Å²) in [6.45, 7) is 0.723. The Hall–Kier alpha value is -1.19. The molecule has 0 fully saturated rings. The normalized spacial score (nSPS) is 11.3. The van der Waals surface area contributed by atoms with Crippen LogP contribution in [0.3, 0.4) is 0 Å². The number of hydrogen-bond acceptors (Lipinski definition) is 5. The monoisotopic (exact) mass is 351 g/mol. The molecule has 0 bridgehead atoms. The van der Waals surface area contributed by atoms with Crippen molar-refractivity contribution in [2.24, 2.45) is 0 Å². The molecule has 0 amide bonds. The number of hydrogen-bond donors (Lipinski definition) is 2. The lowest BCUT2D eigenvalue weighted by atomic mass is 10.2. The van der Waals surface area contributed by atoms with Crippen molar-refractivity contribution in [3.8, 4) is 0 Å². The van der Waals surface area contributed by atoms with E-state index in [0.29, 0.717) is 23.1 Å². The number of rotatable bonds is 7. The number of nitrogens with zero attached hydrogens (tertiary/aromatic N) is 1. The number of nitro benzene ring substituents is 1. The molecule has 0 aliphatic heterocycles. The van der Waals surface area contributed by atoms with Crippen LogP contribution in [-0.2, 0) is 10.0 Å². The van der Waals surface area contributed by atoms with Crippen molar-refractivity contribution < 1.29 is 13.3 Å². The van der Waals surface area contributed by atoms with E-state index in [1.807, 2.05) is 0 Å². The van der Waals surface area contributed by atoms with Gasteiger partial charge in [0.25, 0.3) is 5.69 Å². The van der Waals surface area contributed by atoms with Crippen molar-refractivity contribution in [2.45, 2.75) is 6.42 Å². The highest BCUT2D eigenvalue weighted by atomic mass is 79.9. The van der Waals surface area contributed by atoms with Crippen LogP contribution in [0.5, 0.6) is 0 Å². The molecule has 19 heavy (non-hydrogen) atoms. The Bertz CT molecular complexity index is 562. The van der Waals surface area contributed by atoms with Gasteiger partial charge in [-0.2, -0.15) is 0 Å². The second kappa shape index (κ2) is 6.83. The molecule has 1 aromatic rings. The van der Waals surface area contributed by atoms with E-state index in [1.165, 1.54) is 6.07 Å². The van der Waals surface area contributed by atoms with Gasteiger partial charge in [-0.15, -0.1) is 0 Å². The molecular weight excluding hydrogens is 338 g/mol. The molecule has 0 aromatic heterocycles. The summed E-state index contributed by atoms with van der Waals surface area (Å²) in [7, 11) is -3.19. The van der Waals surface area contributed by atoms with Crippen LogP contribution >= 0.6 is 15.9 Å². The second-order valence-corrected chi connectivity index (χ2v) is 6.61. The van der Waals surface area contributed by atoms with E-state index < -0.39 is 14.9 Å². The van der Waals surface area contributed by atoms with Gasteiger partial charge in [0.15, 0.2) is 0 Å². The van der Waals surface area contributed by atoms with E-state index in [0.717, 1.165) is 6.26 Å². The Morgan fingerprint density at radius 2 is 2.05 bits per heavy atom. The lowest BCUT2D eigenvalue weighted by Gasteiger charge is -2.07. The zero-order valence-electron chi connectivity index (χ0n) is 10.2. The van der Waals surface area contributed by atoms with Gasteiger partial charge in [-0.25, -0.2) is 13.1 Å². The SMILES string of the molecule is CS(=O)(=O)NCCCNc1ccc(Br)cc1[N+](=O)[O-]. The third-order valence-corrected chi connectivity index (χ3v) is 3.41. The number of sulfonamides is 1. The molecule has 0 heterocycles. The largest absolute Gasteiger partial charge is 0.379 e. The first kappa shape index (κ1) is 15.9. The van der Waals surface area contributed by atoms with Gasteiger partial charge >= 0.3 is 0 Å². The highest BCUT2D eigenvalue weighted by Gasteiger charge is 2.13. The minimum atomic E-state index is -3.19. The first-order valence-electron chi connectivity index (χ1n) is 5.42. The van der Waals surface area contributed by atoms with Crippen molar-refractivity contribution in [1.82, 2.24) is 4.72 Å². The molecule has 106 valence electrons. The van der Waals surface area contributed by atoms with Crippen LogP contribution in [-0.4, -0.2) is 32.7 Å². The highest BCUT2D eigenvalue weighted by molar-refractivity contribution is 9.10. The van der Waals surface area contributed by atoms with E-state index >= 15 is 0 Å². The molecular formula is C10H14BrN3O4S. The van der Waals surface area contributed by atoms with Crippen molar-refractivity contribution in [1.29, 1.82) is 0 Å². The maximum Gasteiger partial charge on any atom is 0.293 e. The van der Waals surface area contributed by atoms with Crippen molar-refractivity contribution in [3.05, 3.63) is 32.8 Å². The molecule has 0 spiro atoms. The summed E-state index contributed by atoms with van der Waals surface area (Å²) in [5, 5.41) is 13.8. The molecule has 7 nitrogen and oxygen atoms in total. The smallest absolute Gasteiger partial charge is 0.293 e. The van der Waals surface area contributed by atoms with Crippen molar-refractivity contribution >= 4 is 37.3 Å². The molecule has 0 unspecified atom stereocenters. The molecule has 1 rings (SSSR count). The van der Waals surface area contributed by atoms with Gasteiger partial charge in [0.2, 0.25) is 10.0 Å². The van der Waals surface area contributed by atoms with Gasteiger partial charge in [-0.3, -0.25) is 10.1 Å². The Balaban J connectivity index is 2.52. The summed E-state index contributed by atoms with van der Waals surface area (Å²) >= 11 is 3.17. The number of nitrogens with one attached hydrogen (secondary N) is 2. The molecule has 2 N–H and O–H groups in total. The summed E-state index contributed by atoms with van der Waals surface area (Å²) in [5.41, 5.74) is 0.387. The molecule has 1 aromatic carbocycles. The molecule has 0 saturated carbocycles. The molecule has 0 aliphatic carbocycles. The average molecular weight is 352 g/mol. The third kappa shape index (κ3) is 5.99. The summed E-state index contributed by atoms with van der Waals surface area (Å²) in [5.74, 6) is 0. The van der Waals surface area contributed by atoms with Crippen LogP contribution in [0.2, 0.25) is 0 Å².